The molecule has 33 heavy (non-hydrogen) atoms. The third kappa shape index (κ3) is 7.26. The van der Waals surface area contributed by atoms with Crippen LogP contribution in [0.25, 0.3) is 0 Å². The third-order valence-electron chi connectivity index (χ3n) is 5.18. The maximum Gasteiger partial charge on any atom is 0.261 e. The van der Waals surface area contributed by atoms with Crippen molar-refractivity contribution in [1.29, 1.82) is 0 Å². The summed E-state index contributed by atoms with van der Waals surface area (Å²) in [6, 6.07) is 20.5. The smallest absolute Gasteiger partial charge is 0.261 e. The van der Waals surface area contributed by atoms with Crippen molar-refractivity contribution in [3.63, 3.8) is 0 Å². The molecule has 2 amide bonds. The predicted molar refractivity (Wildman–Crippen MR) is 130 cm³/mol. The van der Waals surface area contributed by atoms with Crippen molar-refractivity contribution >= 4 is 23.4 Å². The summed E-state index contributed by atoms with van der Waals surface area (Å²) in [6.45, 7) is 4.61. The minimum absolute atomic E-state index is 0.0634. The molecule has 0 saturated heterocycles. The standard InChI is InChI=1S/C26H28ClN3O3/c1-3-15-29(26(32)20-33-24-13-11-22(27)12-14-24)19-25(31)30(17-21-8-5-4-6-9-21)18-23-10-7-16-28(23)2/h3-14,16H,1,15,17-20H2,2H3. The van der Waals surface area contributed by atoms with E-state index in [4.69, 9.17) is 16.3 Å². The molecular formula is C26H28ClN3O3. The molecule has 0 fully saturated rings. The Morgan fingerprint density at radius 3 is 2.33 bits per heavy atom. The van der Waals surface area contributed by atoms with Crippen LogP contribution in [0.5, 0.6) is 5.75 Å². The van der Waals surface area contributed by atoms with Crippen molar-refractivity contribution < 1.29 is 14.3 Å². The molecule has 172 valence electrons. The first-order chi connectivity index (χ1) is 16.0. The number of benzene rings is 2. The summed E-state index contributed by atoms with van der Waals surface area (Å²) in [6.07, 6.45) is 3.55. The fourth-order valence-corrected chi connectivity index (χ4v) is 3.46. The molecule has 0 saturated carbocycles. The van der Waals surface area contributed by atoms with Crippen molar-refractivity contribution in [2.45, 2.75) is 13.1 Å². The monoisotopic (exact) mass is 465 g/mol. The third-order valence-corrected chi connectivity index (χ3v) is 5.43. The van der Waals surface area contributed by atoms with Crippen LogP contribution in [0.1, 0.15) is 11.3 Å². The molecule has 6 nitrogen and oxygen atoms in total. The lowest BCUT2D eigenvalue weighted by molar-refractivity contribution is -0.141. The van der Waals surface area contributed by atoms with E-state index in [0.717, 1.165) is 11.3 Å². The quantitative estimate of drug-likeness (QED) is 0.397. The zero-order valence-corrected chi connectivity index (χ0v) is 19.4. The summed E-state index contributed by atoms with van der Waals surface area (Å²) in [4.78, 5) is 29.3. The number of carbonyl (C=O) groups is 2. The Balaban J connectivity index is 1.69. The summed E-state index contributed by atoms with van der Waals surface area (Å²) in [5.41, 5.74) is 2.03. The highest BCUT2D eigenvalue weighted by molar-refractivity contribution is 6.30. The average molecular weight is 466 g/mol. The summed E-state index contributed by atoms with van der Waals surface area (Å²) in [7, 11) is 1.95. The SMILES string of the molecule is C=CCN(CC(=O)N(Cc1ccccc1)Cc1cccn1C)C(=O)COc1ccc(Cl)cc1. The maximum absolute atomic E-state index is 13.3. The van der Waals surface area contributed by atoms with Gasteiger partial charge < -0.3 is 19.1 Å². The van der Waals surface area contributed by atoms with Crippen LogP contribution in [0, 0.1) is 0 Å². The highest BCUT2D eigenvalue weighted by Crippen LogP contribution is 2.16. The van der Waals surface area contributed by atoms with Gasteiger partial charge in [0.15, 0.2) is 6.61 Å². The van der Waals surface area contributed by atoms with E-state index in [0.29, 0.717) is 23.9 Å². The van der Waals surface area contributed by atoms with E-state index in [1.165, 1.54) is 4.90 Å². The van der Waals surface area contributed by atoms with E-state index in [-0.39, 0.29) is 31.5 Å². The van der Waals surface area contributed by atoms with Gasteiger partial charge in [-0.3, -0.25) is 9.59 Å². The number of rotatable bonds is 11. The fraction of sp³-hybridized carbons (Fsp3) is 0.231. The molecule has 0 unspecified atom stereocenters. The first kappa shape index (κ1) is 24.1. The Labute approximate surface area is 199 Å². The Kier molecular flexibility index (Phi) is 8.72. The van der Waals surface area contributed by atoms with E-state index in [1.54, 1.807) is 35.2 Å². The van der Waals surface area contributed by atoms with Crippen LogP contribution in [-0.2, 0) is 29.7 Å². The second kappa shape index (κ2) is 11.9. The van der Waals surface area contributed by atoms with Gasteiger partial charge in [0, 0.05) is 37.1 Å². The van der Waals surface area contributed by atoms with Crippen LogP contribution in [0.2, 0.25) is 5.02 Å². The van der Waals surface area contributed by atoms with Crippen LogP contribution in [-0.4, -0.2) is 45.9 Å². The predicted octanol–water partition coefficient (Wildman–Crippen LogP) is 4.30. The molecule has 3 aromatic rings. The number of carbonyl (C=O) groups excluding carboxylic acids is 2. The lowest BCUT2D eigenvalue weighted by Crippen LogP contribution is -2.44. The van der Waals surface area contributed by atoms with Crippen LogP contribution in [0.3, 0.4) is 0 Å². The van der Waals surface area contributed by atoms with Gasteiger partial charge in [0.1, 0.15) is 12.3 Å². The first-order valence-corrected chi connectivity index (χ1v) is 11.0. The van der Waals surface area contributed by atoms with Crippen molar-refractivity contribution in [1.82, 2.24) is 14.4 Å². The van der Waals surface area contributed by atoms with Gasteiger partial charge in [-0.15, -0.1) is 6.58 Å². The second-order valence-corrected chi connectivity index (χ2v) is 8.09. The van der Waals surface area contributed by atoms with Crippen LogP contribution < -0.4 is 4.74 Å². The van der Waals surface area contributed by atoms with E-state index < -0.39 is 0 Å². The van der Waals surface area contributed by atoms with Crippen molar-refractivity contribution in [3.05, 3.63) is 102 Å². The normalized spacial score (nSPS) is 10.5. The van der Waals surface area contributed by atoms with Gasteiger partial charge in [0.2, 0.25) is 5.91 Å². The van der Waals surface area contributed by atoms with Gasteiger partial charge in [-0.05, 0) is 42.0 Å². The van der Waals surface area contributed by atoms with Gasteiger partial charge in [0.25, 0.3) is 5.91 Å². The Hall–Kier alpha value is -3.51. The fourth-order valence-electron chi connectivity index (χ4n) is 3.33. The molecule has 0 aliphatic rings. The summed E-state index contributed by atoms with van der Waals surface area (Å²) in [5, 5.41) is 0.587. The Bertz CT molecular complexity index is 1060. The van der Waals surface area contributed by atoms with Crippen LogP contribution >= 0.6 is 11.6 Å². The number of aryl methyl sites for hydroxylation is 1. The molecule has 0 bridgehead atoms. The zero-order chi connectivity index (χ0) is 23.6. The molecular weight excluding hydrogens is 438 g/mol. The molecule has 2 aromatic carbocycles. The number of hydrogen-bond acceptors (Lipinski definition) is 3. The second-order valence-electron chi connectivity index (χ2n) is 7.65. The van der Waals surface area contributed by atoms with E-state index >= 15 is 0 Å². The van der Waals surface area contributed by atoms with Crippen molar-refractivity contribution in [2.24, 2.45) is 7.05 Å². The highest BCUT2D eigenvalue weighted by Gasteiger charge is 2.22. The molecule has 3 rings (SSSR count). The van der Waals surface area contributed by atoms with E-state index in [2.05, 4.69) is 6.58 Å². The summed E-state index contributed by atoms with van der Waals surface area (Å²) >= 11 is 5.89. The number of halogens is 1. The molecule has 0 aliphatic heterocycles. The van der Waals surface area contributed by atoms with E-state index in [1.807, 2.05) is 60.3 Å². The highest BCUT2D eigenvalue weighted by atomic mass is 35.5. The average Bonchev–Trinajstić information content (AvgIpc) is 3.22. The number of amides is 2. The van der Waals surface area contributed by atoms with Gasteiger partial charge in [-0.2, -0.15) is 0 Å². The van der Waals surface area contributed by atoms with Gasteiger partial charge >= 0.3 is 0 Å². The minimum atomic E-state index is -0.295. The molecule has 7 heteroatoms. The zero-order valence-electron chi connectivity index (χ0n) is 18.7. The summed E-state index contributed by atoms with van der Waals surface area (Å²) in [5.74, 6) is 0.0884. The molecule has 0 spiro atoms. The van der Waals surface area contributed by atoms with Crippen molar-refractivity contribution in [3.8, 4) is 5.75 Å². The number of aromatic nitrogens is 1. The van der Waals surface area contributed by atoms with Crippen molar-refractivity contribution in [2.75, 3.05) is 19.7 Å². The molecule has 0 atom stereocenters. The molecule has 1 aromatic heterocycles. The number of ether oxygens (including phenoxy) is 1. The Morgan fingerprint density at radius 2 is 1.70 bits per heavy atom. The molecule has 0 aliphatic carbocycles. The largest absolute Gasteiger partial charge is 0.484 e. The van der Waals surface area contributed by atoms with Gasteiger partial charge in [-0.25, -0.2) is 0 Å². The van der Waals surface area contributed by atoms with Crippen LogP contribution in [0.15, 0.2) is 85.6 Å². The van der Waals surface area contributed by atoms with Crippen LogP contribution in [0.4, 0.5) is 0 Å². The topological polar surface area (TPSA) is 54.8 Å². The first-order valence-electron chi connectivity index (χ1n) is 10.6. The minimum Gasteiger partial charge on any atom is -0.484 e. The molecule has 0 N–H and O–H groups in total. The maximum atomic E-state index is 13.3. The summed E-state index contributed by atoms with van der Waals surface area (Å²) < 4.78 is 7.56. The molecule has 0 radical (unpaired) electrons. The Morgan fingerprint density at radius 1 is 0.970 bits per heavy atom. The van der Waals surface area contributed by atoms with E-state index in [9.17, 15) is 9.59 Å². The lowest BCUT2D eigenvalue weighted by atomic mass is 10.2. The van der Waals surface area contributed by atoms with Gasteiger partial charge in [0.05, 0.1) is 6.54 Å². The molecule has 1 heterocycles. The van der Waals surface area contributed by atoms with Gasteiger partial charge in [-0.1, -0.05) is 48.0 Å². The number of hydrogen-bond donors (Lipinski definition) is 0. The number of nitrogens with zero attached hydrogens (tertiary/aromatic N) is 3. The lowest BCUT2D eigenvalue weighted by Gasteiger charge is -2.27.